The molecule has 1 aromatic carbocycles. The van der Waals surface area contributed by atoms with Crippen molar-refractivity contribution in [1.82, 2.24) is 10.6 Å². The Balaban J connectivity index is 2.10. The van der Waals surface area contributed by atoms with E-state index in [2.05, 4.69) is 36.6 Å². The van der Waals surface area contributed by atoms with E-state index in [1.807, 2.05) is 25.2 Å². The van der Waals surface area contributed by atoms with Crippen molar-refractivity contribution in [2.24, 2.45) is 0 Å². The van der Waals surface area contributed by atoms with E-state index >= 15 is 0 Å². The highest BCUT2D eigenvalue weighted by molar-refractivity contribution is 5.13. The van der Waals surface area contributed by atoms with Gasteiger partial charge in [0.15, 0.2) is 0 Å². The van der Waals surface area contributed by atoms with Gasteiger partial charge in [0.2, 0.25) is 0 Å². The number of nitrogens with one attached hydrogen (secondary N) is 2. The summed E-state index contributed by atoms with van der Waals surface area (Å²) in [6, 6.07) is 11.1. The van der Waals surface area contributed by atoms with Crippen molar-refractivity contribution in [3.05, 3.63) is 35.9 Å². The summed E-state index contributed by atoms with van der Waals surface area (Å²) < 4.78 is 5.66. The van der Waals surface area contributed by atoms with Crippen LogP contribution in [0.2, 0.25) is 0 Å². The molecule has 0 spiro atoms. The normalized spacial score (nSPS) is 14.5. The predicted molar refractivity (Wildman–Crippen MR) is 72.1 cm³/mol. The molecule has 0 heterocycles. The molecule has 0 aliphatic carbocycles. The molecule has 0 radical (unpaired) electrons. The highest BCUT2D eigenvalue weighted by Gasteiger charge is 2.03. The second-order valence-electron chi connectivity index (χ2n) is 4.50. The molecule has 0 aliphatic heterocycles. The molecule has 17 heavy (non-hydrogen) atoms. The molecule has 0 aromatic heterocycles. The van der Waals surface area contributed by atoms with E-state index in [1.165, 1.54) is 5.56 Å². The Morgan fingerprint density at radius 3 is 2.47 bits per heavy atom. The molecule has 3 heteroatoms. The fourth-order valence-electron chi connectivity index (χ4n) is 1.47. The highest BCUT2D eigenvalue weighted by atomic mass is 16.5. The summed E-state index contributed by atoms with van der Waals surface area (Å²) in [7, 11) is 1.98. The second kappa shape index (κ2) is 8.23. The number of ether oxygens (including phenoxy) is 1. The van der Waals surface area contributed by atoms with Crippen LogP contribution in [0.4, 0.5) is 0 Å². The Morgan fingerprint density at radius 2 is 1.82 bits per heavy atom. The van der Waals surface area contributed by atoms with Crippen LogP contribution in [0.25, 0.3) is 0 Å². The lowest BCUT2D eigenvalue weighted by Gasteiger charge is -2.17. The number of likely N-dealkylation sites (N-methyl/N-ethyl adjacent to an activating group) is 1. The van der Waals surface area contributed by atoms with Crippen LogP contribution >= 0.6 is 0 Å². The Hall–Kier alpha value is -0.900. The lowest BCUT2D eigenvalue weighted by Crippen LogP contribution is -2.40. The third kappa shape index (κ3) is 6.41. The predicted octanol–water partition coefficient (Wildman–Crippen LogP) is 1.79. The van der Waals surface area contributed by atoms with Crippen LogP contribution in [0.5, 0.6) is 0 Å². The first-order valence-corrected chi connectivity index (χ1v) is 6.24. The van der Waals surface area contributed by atoms with Gasteiger partial charge in [0.25, 0.3) is 0 Å². The van der Waals surface area contributed by atoms with Gasteiger partial charge in [0, 0.05) is 18.6 Å². The second-order valence-corrected chi connectivity index (χ2v) is 4.50. The maximum absolute atomic E-state index is 5.66. The van der Waals surface area contributed by atoms with Gasteiger partial charge < -0.3 is 15.4 Å². The van der Waals surface area contributed by atoms with Crippen molar-refractivity contribution in [1.29, 1.82) is 0 Å². The molecule has 0 aliphatic rings. The first kappa shape index (κ1) is 14.2. The summed E-state index contributed by atoms with van der Waals surface area (Å²) in [5.41, 5.74) is 1.23. The average molecular weight is 236 g/mol. The summed E-state index contributed by atoms with van der Waals surface area (Å²) in [6.07, 6.45) is 0. The van der Waals surface area contributed by atoms with Gasteiger partial charge in [-0.25, -0.2) is 0 Å². The first-order chi connectivity index (χ1) is 8.22. The van der Waals surface area contributed by atoms with Crippen molar-refractivity contribution in [2.75, 3.05) is 20.2 Å². The van der Waals surface area contributed by atoms with Crippen molar-refractivity contribution in [2.45, 2.75) is 32.5 Å². The zero-order valence-corrected chi connectivity index (χ0v) is 11.1. The zero-order valence-electron chi connectivity index (χ0n) is 11.1. The van der Waals surface area contributed by atoms with Gasteiger partial charge in [-0.3, -0.25) is 0 Å². The smallest absolute Gasteiger partial charge is 0.0717 e. The minimum Gasteiger partial charge on any atom is -0.375 e. The summed E-state index contributed by atoms with van der Waals surface area (Å²) in [6.45, 7) is 6.70. The van der Waals surface area contributed by atoms with Crippen LogP contribution in [-0.4, -0.2) is 32.3 Å². The van der Waals surface area contributed by atoms with Crippen molar-refractivity contribution in [3.8, 4) is 0 Å². The summed E-state index contributed by atoms with van der Waals surface area (Å²) >= 11 is 0. The maximum Gasteiger partial charge on any atom is 0.0717 e. The summed E-state index contributed by atoms with van der Waals surface area (Å²) in [4.78, 5) is 0. The number of benzene rings is 1. The third-order valence-corrected chi connectivity index (χ3v) is 2.74. The molecule has 96 valence electrons. The number of hydrogen-bond acceptors (Lipinski definition) is 3. The van der Waals surface area contributed by atoms with E-state index in [-0.39, 0.29) is 0 Å². The van der Waals surface area contributed by atoms with E-state index in [4.69, 9.17) is 4.74 Å². The van der Waals surface area contributed by atoms with Crippen molar-refractivity contribution in [3.63, 3.8) is 0 Å². The maximum atomic E-state index is 5.66. The minimum atomic E-state index is 0.384. The zero-order chi connectivity index (χ0) is 12.5. The SMILES string of the molecule is CN[C@@H](C)CNC(C)COCc1ccccc1. The Kier molecular flexibility index (Phi) is 6.86. The molecule has 1 unspecified atom stereocenters. The standard InChI is InChI=1S/C14H24N2O/c1-12(15-3)9-16-13(2)10-17-11-14-7-5-4-6-8-14/h4-8,12-13,15-16H,9-11H2,1-3H3/t12-,13?/m0/s1. The minimum absolute atomic E-state index is 0.384. The molecule has 1 aromatic rings. The van der Waals surface area contributed by atoms with Gasteiger partial charge in [-0.1, -0.05) is 30.3 Å². The molecule has 0 fully saturated rings. The molecule has 0 saturated carbocycles. The summed E-state index contributed by atoms with van der Waals surface area (Å²) in [5, 5.41) is 6.63. The fourth-order valence-corrected chi connectivity index (χ4v) is 1.47. The Labute approximate surface area is 105 Å². The van der Waals surface area contributed by atoms with Gasteiger partial charge in [-0.2, -0.15) is 0 Å². The Morgan fingerprint density at radius 1 is 1.12 bits per heavy atom. The quantitative estimate of drug-likeness (QED) is 0.722. The number of rotatable bonds is 8. The molecule has 0 saturated heterocycles. The van der Waals surface area contributed by atoms with Gasteiger partial charge in [-0.05, 0) is 26.5 Å². The van der Waals surface area contributed by atoms with Gasteiger partial charge in [-0.15, -0.1) is 0 Å². The lowest BCUT2D eigenvalue weighted by atomic mass is 10.2. The number of hydrogen-bond donors (Lipinski definition) is 2. The van der Waals surface area contributed by atoms with E-state index in [9.17, 15) is 0 Å². The van der Waals surface area contributed by atoms with Crippen LogP contribution in [-0.2, 0) is 11.3 Å². The van der Waals surface area contributed by atoms with Crippen molar-refractivity contribution < 1.29 is 4.74 Å². The van der Waals surface area contributed by atoms with Gasteiger partial charge in [0.05, 0.1) is 13.2 Å². The highest BCUT2D eigenvalue weighted by Crippen LogP contribution is 2.00. The molecular formula is C14H24N2O. The molecule has 1 rings (SSSR count). The van der Waals surface area contributed by atoms with Crippen LogP contribution < -0.4 is 10.6 Å². The van der Waals surface area contributed by atoms with Crippen LogP contribution in [0, 0.1) is 0 Å². The van der Waals surface area contributed by atoms with Crippen LogP contribution in [0.1, 0.15) is 19.4 Å². The van der Waals surface area contributed by atoms with Crippen molar-refractivity contribution >= 4 is 0 Å². The fraction of sp³-hybridized carbons (Fsp3) is 0.571. The Bertz CT molecular complexity index is 290. The van der Waals surface area contributed by atoms with Crippen LogP contribution in [0.15, 0.2) is 30.3 Å². The van der Waals surface area contributed by atoms with Gasteiger partial charge >= 0.3 is 0 Å². The van der Waals surface area contributed by atoms with Crippen LogP contribution in [0.3, 0.4) is 0 Å². The molecule has 2 N–H and O–H groups in total. The molecule has 3 nitrogen and oxygen atoms in total. The largest absolute Gasteiger partial charge is 0.375 e. The topological polar surface area (TPSA) is 33.3 Å². The van der Waals surface area contributed by atoms with E-state index in [1.54, 1.807) is 0 Å². The first-order valence-electron chi connectivity index (χ1n) is 6.24. The average Bonchev–Trinajstić information content (AvgIpc) is 2.37. The lowest BCUT2D eigenvalue weighted by molar-refractivity contribution is 0.102. The van der Waals surface area contributed by atoms with E-state index in [0.29, 0.717) is 18.7 Å². The van der Waals surface area contributed by atoms with E-state index in [0.717, 1.165) is 13.2 Å². The van der Waals surface area contributed by atoms with E-state index < -0.39 is 0 Å². The summed E-state index contributed by atoms with van der Waals surface area (Å²) in [5.74, 6) is 0. The molecule has 0 bridgehead atoms. The molecule has 2 atom stereocenters. The third-order valence-electron chi connectivity index (χ3n) is 2.74. The molecular weight excluding hydrogens is 212 g/mol. The molecule has 0 amide bonds. The van der Waals surface area contributed by atoms with Gasteiger partial charge in [0.1, 0.15) is 0 Å². The monoisotopic (exact) mass is 236 g/mol.